The van der Waals surface area contributed by atoms with Crippen LogP contribution in [0.5, 0.6) is 0 Å². The van der Waals surface area contributed by atoms with E-state index in [0.717, 1.165) is 11.1 Å². The molecule has 1 fully saturated rings. The second kappa shape index (κ2) is 6.70. The number of benzene rings is 1. The van der Waals surface area contributed by atoms with Crippen LogP contribution in [0.2, 0.25) is 0 Å². The zero-order valence-corrected chi connectivity index (χ0v) is 14.6. The molecule has 1 unspecified atom stereocenters. The average Bonchev–Trinajstić information content (AvgIpc) is 3.10. The second-order valence-corrected chi connectivity index (χ2v) is 6.80. The van der Waals surface area contributed by atoms with Gasteiger partial charge in [-0.1, -0.05) is 30.7 Å². The van der Waals surface area contributed by atoms with Crippen LogP contribution in [0.1, 0.15) is 42.1 Å². The molecule has 1 aliphatic heterocycles. The van der Waals surface area contributed by atoms with Crippen LogP contribution in [-0.2, 0) is 4.79 Å². The summed E-state index contributed by atoms with van der Waals surface area (Å²) in [4.78, 5) is 26.4. The average molecular weight is 341 g/mol. The van der Waals surface area contributed by atoms with Crippen LogP contribution in [0.25, 0.3) is 11.3 Å². The molecule has 1 aromatic heterocycles. The Labute approximate surface area is 146 Å². The Morgan fingerprint density at radius 2 is 2.20 bits per heavy atom. The Hall–Kier alpha value is -2.63. The lowest BCUT2D eigenvalue weighted by Crippen LogP contribution is -2.49. The number of carboxylic acids is 1. The number of likely N-dealkylation sites (tertiary alicyclic amines) is 1. The molecule has 6 nitrogen and oxygen atoms in total. The third-order valence-corrected chi connectivity index (χ3v) is 5.17. The number of H-pyrrole nitrogens is 1. The van der Waals surface area contributed by atoms with E-state index in [2.05, 4.69) is 10.2 Å². The van der Waals surface area contributed by atoms with E-state index in [-0.39, 0.29) is 12.5 Å². The van der Waals surface area contributed by atoms with Crippen LogP contribution in [0.3, 0.4) is 0 Å². The number of aryl methyl sites for hydroxylation is 1. The number of rotatable bonds is 4. The first-order chi connectivity index (χ1) is 12.0. The lowest BCUT2D eigenvalue weighted by molar-refractivity contribution is -0.152. The van der Waals surface area contributed by atoms with Gasteiger partial charge in [0.1, 0.15) is 0 Å². The number of hydrogen-bond acceptors (Lipinski definition) is 3. The third-order valence-electron chi connectivity index (χ3n) is 5.17. The maximum absolute atomic E-state index is 13.0. The standard InChI is InChI=1S/C19H23N3O3/c1-3-19(18(24)25)8-5-9-22(12-19)17(23)15-11-20-21-16(15)14-7-4-6-13(2)10-14/h4,6-7,10-11H,3,5,8-9,12H2,1-2H3,(H,20,21)(H,24,25). The Morgan fingerprint density at radius 1 is 1.40 bits per heavy atom. The normalized spacial score (nSPS) is 20.5. The maximum atomic E-state index is 13.0. The highest BCUT2D eigenvalue weighted by molar-refractivity contribution is 6.00. The van der Waals surface area contributed by atoms with E-state index in [0.29, 0.717) is 37.1 Å². The van der Waals surface area contributed by atoms with E-state index in [9.17, 15) is 14.7 Å². The molecule has 1 amide bonds. The van der Waals surface area contributed by atoms with Crippen molar-refractivity contribution in [2.24, 2.45) is 5.41 Å². The summed E-state index contributed by atoms with van der Waals surface area (Å²) in [5.74, 6) is -0.984. The third kappa shape index (κ3) is 3.16. The summed E-state index contributed by atoms with van der Waals surface area (Å²) in [5.41, 5.74) is 2.32. The first kappa shape index (κ1) is 17.2. The Morgan fingerprint density at radius 3 is 2.88 bits per heavy atom. The van der Waals surface area contributed by atoms with Gasteiger partial charge in [-0.2, -0.15) is 5.10 Å². The number of carbonyl (C=O) groups excluding carboxylic acids is 1. The topological polar surface area (TPSA) is 86.3 Å². The van der Waals surface area contributed by atoms with Crippen LogP contribution in [0, 0.1) is 12.3 Å². The zero-order valence-electron chi connectivity index (χ0n) is 14.6. The molecule has 0 bridgehead atoms. The summed E-state index contributed by atoms with van der Waals surface area (Å²) in [6.45, 7) is 4.69. The number of nitrogens with zero attached hydrogens (tertiary/aromatic N) is 2. The Bertz CT molecular complexity index is 799. The number of aromatic nitrogens is 2. The summed E-state index contributed by atoms with van der Waals surface area (Å²) < 4.78 is 0. The van der Waals surface area contributed by atoms with E-state index >= 15 is 0 Å². The van der Waals surface area contributed by atoms with Gasteiger partial charge >= 0.3 is 5.97 Å². The van der Waals surface area contributed by atoms with Crippen molar-refractivity contribution in [2.45, 2.75) is 33.1 Å². The van der Waals surface area contributed by atoms with Crippen LogP contribution >= 0.6 is 0 Å². The van der Waals surface area contributed by atoms with Gasteiger partial charge in [0.25, 0.3) is 5.91 Å². The van der Waals surface area contributed by atoms with Crippen molar-refractivity contribution in [3.63, 3.8) is 0 Å². The van der Waals surface area contributed by atoms with Crippen molar-refractivity contribution in [3.05, 3.63) is 41.6 Å². The van der Waals surface area contributed by atoms with Gasteiger partial charge in [0.2, 0.25) is 0 Å². The number of hydrogen-bond donors (Lipinski definition) is 2. The SMILES string of the molecule is CCC1(C(=O)O)CCCN(C(=O)c2cn[nH]c2-c2cccc(C)c2)C1. The molecule has 0 aliphatic carbocycles. The number of piperidine rings is 1. The minimum Gasteiger partial charge on any atom is -0.481 e. The lowest BCUT2D eigenvalue weighted by Gasteiger charge is -2.39. The van der Waals surface area contributed by atoms with E-state index < -0.39 is 11.4 Å². The van der Waals surface area contributed by atoms with Crippen LogP contribution in [-0.4, -0.2) is 45.2 Å². The molecule has 3 rings (SSSR count). The summed E-state index contributed by atoms with van der Waals surface area (Å²) in [6.07, 6.45) is 3.35. The number of amides is 1. The molecule has 25 heavy (non-hydrogen) atoms. The molecule has 1 atom stereocenters. The molecule has 0 spiro atoms. The lowest BCUT2D eigenvalue weighted by atomic mass is 9.77. The highest BCUT2D eigenvalue weighted by Crippen LogP contribution is 2.35. The fourth-order valence-corrected chi connectivity index (χ4v) is 3.56. The first-order valence-corrected chi connectivity index (χ1v) is 8.60. The highest BCUT2D eigenvalue weighted by atomic mass is 16.4. The van der Waals surface area contributed by atoms with E-state index in [4.69, 9.17) is 0 Å². The molecule has 6 heteroatoms. The molecule has 1 saturated heterocycles. The molecule has 1 aliphatic rings. The summed E-state index contributed by atoms with van der Waals surface area (Å²) in [7, 11) is 0. The van der Waals surface area contributed by atoms with Crippen molar-refractivity contribution < 1.29 is 14.7 Å². The molecule has 2 heterocycles. The molecule has 2 aromatic rings. The van der Waals surface area contributed by atoms with Crippen molar-refractivity contribution in [1.29, 1.82) is 0 Å². The highest BCUT2D eigenvalue weighted by Gasteiger charge is 2.42. The number of aliphatic carboxylic acids is 1. The number of carbonyl (C=O) groups is 2. The summed E-state index contributed by atoms with van der Waals surface area (Å²) in [5, 5.41) is 16.6. The van der Waals surface area contributed by atoms with Crippen molar-refractivity contribution >= 4 is 11.9 Å². The molecule has 132 valence electrons. The van der Waals surface area contributed by atoms with Crippen LogP contribution in [0.15, 0.2) is 30.5 Å². The monoisotopic (exact) mass is 341 g/mol. The largest absolute Gasteiger partial charge is 0.481 e. The van der Waals surface area contributed by atoms with Crippen molar-refractivity contribution in [2.75, 3.05) is 13.1 Å². The van der Waals surface area contributed by atoms with E-state index in [1.165, 1.54) is 6.20 Å². The number of nitrogens with one attached hydrogen (secondary N) is 1. The second-order valence-electron chi connectivity index (χ2n) is 6.80. The fourth-order valence-electron chi connectivity index (χ4n) is 3.56. The van der Waals surface area contributed by atoms with Gasteiger partial charge in [-0.05, 0) is 32.3 Å². The Balaban J connectivity index is 1.90. The molecule has 2 N–H and O–H groups in total. The Kier molecular flexibility index (Phi) is 4.61. The van der Waals surface area contributed by atoms with Gasteiger partial charge in [0.05, 0.1) is 22.9 Å². The zero-order chi connectivity index (χ0) is 18.0. The van der Waals surface area contributed by atoms with E-state index in [1.54, 1.807) is 4.90 Å². The van der Waals surface area contributed by atoms with Gasteiger partial charge in [0, 0.05) is 18.7 Å². The quantitative estimate of drug-likeness (QED) is 0.895. The first-order valence-electron chi connectivity index (χ1n) is 8.60. The van der Waals surface area contributed by atoms with Gasteiger partial charge in [0.15, 0.2) is 0 Å². The van der Waals surface area contributed by atoms with Gasteiger partial charge < -0.3 is 10.0 Å². The summed E-state index contributed by atoms with van der Waals surface area (Å²) >= 11 is 0. The van der Waals surface area contributed by atoms with E-state index in [1.807, 2.05) is 38.1 Å². The van der Waals surface area contributed by atoms with Crippen molar-refractivity contribution in [1.82, 2.24) is 15.1 Å². The van der Waals surface area contributed by atoms with Crippen LogP contribution in [0.4, 0.5) is 0 Å². The number of aromatic amines is 1. The fraction of sp³-hybridized carbons (Fsp3) is 0.421. The molecule has 0 saturated carbocycles. The van der Waals surface area contributed by atoms with Gasteiger partial charge in [-0.25, -0.2) is 0 Å². The molecule has 0 radical (unpaired) electrons. The predicted molar refractivity (Wildman–Crippen MR) is 94.3 cm³/mol. The minimum atomic E-state index is -0.846. The van der Waals surface area contributed by atoms with Gasteiger partial charge in [-0.3, -0.25) is 14.7 Å². The molecular weight excluding hydrogens is 318 g/mol. The maximum Gasteiger partial charge on any atom is 0.311 e. The predicted octanol–water partition coefficient (Wildman–Crippen LogP) is 3.10. The van der Waals surface area contributed by atoms with Gasteiger partial charge in [-0.15, -0.1) is 0 Å². The smallest absolute Gasteiger partial charge is 0.311 e. The van der Waals surface area contributed by atoms with Crippen molar-refractivity contribution in [3.8, 4) is 11.3 Å². The number of carboxylic acid groups (broad SMARTS) is 1. The molecular formula is C19H23N3O3. The summed E-state index contributed by atoms with van der Waals surface area (Å²) in [6, 6.07) is 7.86. The van der Waals surface area contributed by atoms with Crippen LogP contribution < -0.4 is 0 Å². The minimum absolute atomic E-state index is 0.163. The molecule has 1 aromatic carbocycles.